The van der Waals surface area contributed by atoms with Crippen LogP contribution in [0.2, 0.25) is 6.82 Å². The van der Waals surface area contributed by atoms with Crippen molar-refractivity contribution in [2.24, 2.45) is 0 Å². The molecule has 47 heavy (non-hydrogen) atoms. The summed E-state index contributed by atoms with van der Waals surface area (Å²) in [5, 5.41) is 0. The van der Waals surface area contributed by atoms with Crippen LogP contribution in [0.5, 0.6) is 0 Å². The number of aromatic nitrogens is 3. The quantitative estimate of drug-likeness (QED) is 0.119. The third-order valence-corrected chi connectivity index (χ3v) is 8.47. The Morgan fingerprint density at radius 1 is 0.596 bits per heavy atom. The van der Waals surface area contributed by atoms with Gasteiger partial charge in [0.25, 0.3) is 0 Å². The van der Waals surface area contributed by atoms with E-state index in [0.29, 0.717) is 0 Å². The summed E-state index contributed by atoms with van der Waals surface area (Å²) < 4.78 is 6.86. The van der Waals surface area contributed by atoms with Gasteiger partial charge in [-0.25, -0.2) is 0 Å². The average Bonchev–Trinajstić information content (AvgIpc) is 3.61. The molecule has 0 amide bonds. The van der Waals surface area contributed by atoms with Crippen molar-refractivity contribution in [2.75, 3.05) is 0 Å². The minimum atomic E-state index is 0.809. The van der Waals surface area contributed by atoms with Crippen LogP contribution >= 0.6 is 0 Å². The number of rotatable bonds is 15. The largest absolute Gasteiger partial charge is 0.393 e. The van der Waals surface area contributed by atoms with Crippen molar-refractivity contribution in [2.45, 2.75) is 48.4 Å². The third-order valence-electron chi connectivity index (χ3n) is 8.47. The van der Waals surface area contributed by atoms with Crippen LogP contribution < -0.4 is 0 Å². The summed E-state index contributed by atoms with van der Waals surface area (Å²) >= 11 is 0. The zero-order valence-corrected chi connectivity index (χ0v) is 29.5. The smallest absolute Gasteiger partial charge is 0.238 e. The second kappa shape index (κ2) is 16.4. The fourth-order valence-electron chi connectivity index (χ4n) is 6.47. The highest BCUT2D eigenvalue weighted by Gasteiger charge is 2.22. The van der Waals surface area contributed by atoms with Crippen LogP contribution in [-0.4, -0.2) is 21.0 Å². The Morgan fingerprint density at radius 2 is 1.13 bits per heavy atom. The summed E-state index contributed by atoms with van der Waals surface area (Å²) in [5.74, 6) is 0. The van der Waals surface area contributed by atoms with Crippen LogP contribution in [0.1, 0.15) is 95.2 Å². The molecule has 0 unspecified atom stereocenters. The lowest BCUT2D eigenvalue weighted by atomic mass is 9.98. The molecule has 0 aliphatic rings. The van der Waals surface area contributed by atoms with E-state index in [4.69, 9.17) is 0 Å². The van der Waals surface area contributed by atoms with Gasteiger partial charge in [-0.1, -0.05) is 94.9 Å². The highest BCUT2D eigenvalue weighted by Crippen LogP contribution is 2.36. The molecule has 3 aromatic heterocycles. The molecule has 0 N–H and O–H groups in total. The van der Waals surface area contributed by atoms with Crippen molar-refractivity contribution in [3.63, 3.8) is 0 Å². The molecule has 4 heteroatoms. The number of nitrogens with zero attached hydrogens (tertiary/aromatic N) is 3. The van der Waals surface area contributed by atoms with E-state index in [1.54, 1.807) is 6.08 Å². The lowest BCUT2D eigenvalue weighted by molar-refractivity contribution is 1.07. The summed E-state index contributed by atoms with van der Waals surface area (Å²) in [6.07, 6.45) is 32.6. The first kappa shape index (κ1) is 36.3. The minimum Gasteiger partial charge on any atom is -0.393 e. The summed E-state index contributed by atoms with van der Waals surface area (Å²) in [7, 11) is 0.809. The van der Waals surface area contributed by atoms with Crippen LogP contribution in [0.4, 0.5) is 0 Å². The molecule has 3 nitrogen and oxygen atoms in total. The SMILES string of the molecule is C=C/C=C\c1c(C)c(C=C)c(/C=C\C)n1/C(C=C)=C/c1c(/C=C(\C)n2c(/C=C\C)c(C=C)c(C=C)c2/C=C\C)c(C=C)n(BC)c1C. The first-order chi connectivity index (χ1) is 22.7. The summed E-state index contributed by atoms with van der Waals surface area (Å²) in [6.45, 7) is 39.6. The zero-order chi connectivity index (χ0) is 34.8. The minimum absolute atomic E-state index is 0.809. The van der Waals surface area contributed by atoms with Crippen LogP contribution in [0.25, 0.3) is 72.2 Å². The van der Waals surface area contributed by atoms with E-state index < -0.39 is 0 Å². The van der Waals surface area contributed by atoms with Gasteiger partial charge < -0.3 is 13.6 Å². The maximum absolute atomic E-state index is 4.29. The van der Waals surface area contributed by atoms with E-state index in [1.807, 2.05) is 57.2 Å². The van der Waals surface area contributed by atoms with Gasteiger partial charge in [-0.2, -0.15) is 0 Å². The second-order valence-electron chi connectivity index (χ2n) is 11.1. The summed E-state index contributed by atoms with van der Waals surface area (Å²) in [6, 6.07) is 0. The lowest BCUT2D eigenvalue weighted by Gasteiger charge is -2.14. The van der Waals surface area contributed by atoms with E-state index in [1.165, 1.54) is 0 Å². The lowest BCUT2D eigenvalue weighted by Crippen LogP contribution is -2.06. The van der Waals surface area contributed by atoms with Gasteiger partial charge in [0.15, 0.2) is 0 Å². The first-order valence-corrected chi connectivity index (χ1v) is 16.2. The molecule has 3 rings (SSSR count). The van der Waals surface area contributed by atoms with Gasteiger partial charge in [0.1, 0.15) is 0 Å². The molecule has 0 bridgehead atoms. The van der Waals surface area contributed by atoms with Crippen molar-refractivity contribution < 1.29 is 0 Å². The molecular formula is C43H50BN3. The molecule has 0 fully saturated rings. The Balaban J connectivity index is 2.55. The van der Waals surface area contributed by atoms with Gasteiger partial charge in [0.05, 0.1) is 17.1 Å². The van der Waals surface area contributed by atoms with E-state index in [-0.39, 0.29) is 0 Å². The fourth-order valence-corrected chi connectivity index (χ4v) is 6.47. The second-order valence-corrected chi connectivity index (χ2v) is 11.1. The molecule has 0 aliphatic carbocycles. The molecule has 240 valence electrons. The summed E-state index contributed by atoms with van der Waals surface area (Å²) in [5.41, 5.74) is 15.0. The van der Waals surface area contributed by atoms with E-state index in [2.05, 4.69) is 135 Å². The molecule has 0 saturated heterocycles. The molecule has 0 radical (unpaired) electrons. The number of hydrogen-bond acceptors (Lipinski definition) is 0. The van der Waals surface area contributed by atoms with Gasteiger partial charge in [-0.15, -0.1) is 0 Å². The maximum Gasteiger partial charge on any atom is 0.238 e. The zero-order valence-electron chi connectivity index (χ0n) is 29.5. The van der Waals surface area contributed by atoms with E-state index in [9.17, 15) is 0 Å². The molecule has 0 saturated carbocycles. The molecule has 0 aliphatic heterocycles. The van der Waals surface area contributed by atoms with Crippen LogP contribution in [0.3, 0.4) is 0 Å². The normalized spacial score (nSPS) is 12.6. The molecule has 3 aromatic rings. The van der Waals surface area contributed by atoms with Crippen molar-refractivity contribution in [3.8, 4) is 0 Å². The number of hydrogen-bond donors (Lipinski definition) is 0. The van der Waals surface area contributed by atoms with Crippen molar-refractivity contribution in [1.82, 2.24) is 13.6 Å². The number of allylic oxidation sites excluding steroid dienone is 8. The van der Waals surface area contributed by atoms with Crippen molar-refractivity contribution in [3.05, 3.63) is 143 Å². The first-order valence-electron chi connectivity index (χ1n) is 16.2. The Bertz CT molecular complexity index is 1870. The van der Waals surface area contributed by atoms with E-state index >= 15 is 0 Å². The monoisotopic (exact) mass is 619 g/mol. The summed E-state index contributed by atoms with van der Waals surface area (Å²) in [4.78, 5) is 0. The molecule has 0 aromatic carbocycles. The predicted octanol–water partition coefficient (Wildman–Crippen LogP) is 12.0. The highest BCUT2D eigenvalue weighted by molar-refractivity contribution is 6.32. The molecule has 0 spiro atoms. The highest BCUT2D eigenvalue weighted by atomic mass is 15.0. The van der Waals surface area contributed by atoms with Gasteiger partial charge in [-0.05, 0) is 95.7 Å². The fraction of sp³-hybridized carbons (Fsp3) is 0.163. The Kier molecular flexibility index (Phi) is 12.6. The Labute approximate surface area is 284 Å². The average molecular weight is 620 g/mol. The van der Waals surface area contributed by atoms with Gasteiger partial charge >= 0.3 is 0 Å². The van der Waals surface area contributed by atoms with Crippen LogP contribution in [0.15, 0.2) is 75.9 Å². The van der Waals surface area contributed by atoms with Crippen LogP contribution in [-0.2, 0) is 0 Å². The van der Waals surface area contributed by atoms with Gasteiger partial charge in [0, 0.05) is 56.3 Å². The van der Waals surface area contributed by atoms with Gasteiger partial charge in [0.2, 0.25) is 7.41 Å². The standard InChI is InChI=1S/C43H50BN3/c1-14-23-27-40-31(11)34(19-6)41(24-15-2)46(40)33(18-5)29-37-32(12)47(44-13)39(22-9)38(37)28-30(10)45-42(25-16-3)35(20-7)36(21-8)43(45)26-17-4/h14-29,44H,1,5-9H2,2-4,10-13H3/b24-15-,25-16-,26-17-,27-23-,30-28+,33-29+. The van der Waals surface area contributed by atoms with E-state index in [0.717, 1.165) is 86.4 Å². The Hall–Kier alpha value is -5.22. The molecule has 3 heterocycles. The topological polar surface area (TPSA) is 14.8 Å². The van der Waals surface area contributed by atoms with Crippen molar-refractivity contribution >= 4 is 79.6 Å². The van der Waals surface area contributed by atoms with Gasteiger partial charge in [-0.3, -0.25) is 0 Å². The Morgan fingerprint density at radius 3 is 1.55 bits per heavy atom. The predicted molar refractivity (Wildman–Crippen MR) is 219 cm³/mol. The maximum atomic E-state index is 4.29. The van der Waals surface area contributed by atoms with Crippen LogP contribution in [0, 0.1) is 13.8 Å². The molecule has 0 atom stereocenters. The third kappa shape index (κ3) is 6.69. The van der Waals surface area contributed by atoms with Crippen molar-refractivity contribution in [1.29, 1.82) is 0 Å². The molecular weight excluding hydrogens is 569 g/mol.